The summed E-state index contributed by atoms with van der Waals surface area (Å²) in [4.78, 5) is 8.80. The van der Waals surface area contributed by atoms with Crippen LogP contribution in [0.15, 0.2) is 29.6 Å². The molecule has 7 heteroatoms. The van der Waals surface area contributed by atoms with E-state index in [2.05, 4.69) is 15.1 Å². The van der Waals surface area contributed by atoms with Crippen LogP contribution in [0.5, 0.6) is 0 Å². The van der Waals surface area contributed by atoms with Gasteiger partial charge in [0.25, 0.3) is 0 Å². The first kappa shape index (κ1) is 13.7. The lowest BCUT2D eigenvalue weighted by molar-refractivity contribution is 0.879. The minimum atomic E-state index is 0.470. The summed E-state index contributed by atoms with van der Waals surface area (Å²) in [5.74, 6) is 0. The summed E-state index contributed by atoms with van der Waals surface area (Å²) in [5.41, 5.74) is 2.27. The molecule has 0 spiro atoms. The summed E-state index contributed by atoms with van der Waals surface area (Å²) in [6.45, 7) is 1.94. The Morgan fingerprint density at radius 2 is 2.00 bits per heavy atom. The summed E-state index contributed by atoms with van der Waals surface area (Å²) in [5, 5.41) is 7.04. The van der Waals surface area contributed by atoms with Crippen LogP contribution < -0.4 is 0 Å². The van der Waals surface area contributed by atoms with Gasteiger partial charge < -0.3 is 0 Å². The molecule has 0 fully saturated rings. The molecule has 0 unspecified atom stereocenters. The van der Waals surface area contributed by atoms with Crippen LogP contribution in [0.4, 0.5) is 0 Å². The molecule has 3 aromatic rings. The number of fused-ring (bicyclic) bond motifs is 1. The molecule has 0 aliphatic heterocycles. The molecule has 0 bridgehead atoms. The largest absolute Gasteiger partial charge is 0.237 e. The number of aromatic nitrogens is 4. The number of rotatable bonds is 2. The van der Waals surface area contributed by atoms with Crippen molar-refractivity contribution >= 4 is 46.0 Å². The topological polar surface area (TPSA) is 43.6 Å². The van der Waals surface area contributed by atoms with Crippen molar-refractivity contribution in [1.29, 1.82) is 0 Å². The third-order valence-electron chi connectivity index (χ3n) is 2.91. The molecule has 0 N–H and O–H groups in total. The number of hydrogen-bond donors (Lipinski definition) is 0. The van der Waals surface area contributed by atoms with Gasteiger partial charge in [-0.25, -0.2) is 14.6 Å². The summed E-state index contributed by atoms with van der Waals surface area (Å²) in [6, 6.07) is 5.44. The molecule has 0 saturated heterocycles. The van der Waals surface area contributed by atoms with E-state index in [-0.39, 0.29) is 0 Å². The van der Waals surface area contributed by atoms with Gasteiger partial charge in [0, 0.05) is 6.20 Å². The number of benzene rings is 1. The summed E-state index contributed by atoms with van der Waals surface area (Å²) in [6.07, 6.45) is 3.80. The Balaban J connectivity index is 2.23. The Hall–Kier alpha value is -1.30. The number of hydrogen-bond acceptors (Lipinski definition) is 4. The highest BCUT2D eigenvalue weighted by Crippen LogP contribution is 2.29. The molecular formula is C13H10Cl2N4S. The first-order valence-electron chi connectivity index (χ1n) is 5.82. The maximum atomic E-state index is 6.22. The lowest BCUT2D eigenvalue weighted by Gasteiger charge is -2.04. The van der Waals surface area contributed by atoms with Gasteiger partial charge in [-0.1, -0.05) is 41.0 Å². The van der Waals surface area contributed by atoms with Crippen LogP contribution in [0, 0.1) is 6.92 Å². The molecular weight excluding hydrogens is 315 g/mol. The van der Waals surface area contributed by atoms with Crippen molar-refractivity contribution in [1.82, 2.24) is 19.7 Å². The highest BCUT2D eigenvalue weighted by Gasteiger charge is 2.12. The van der Waals surface area contributed by atoms with Crippen molar-refractivity contribution < 1.29 is 0 Å². The zero-order valence-electron chi connectivity index (χ0n) is 10.8. The van der Waals surface area contributed by atoms with Crippen LogP contribution >= 0.6 is 35.0 Å². The average molecular weight is 325 g/mol. The minimum absolute atomic E-state index is 0.470. The van der Waals surface area contributed by atoms with E-state index in [0.717, 1.165) is 16.8 Å². The maximum absolute atomic E-state index is 6.22. The van der Waals surface area contributed by atoms with Crippen molar-refractivity contribution in [3.8, 4) is 5.69 Å². The maximum Gasteiger partial charge on any atom is 0.189 e. The summed E-state index contributed by atoms with van der Waals surface area (Å²) in [7, 11) is 0. The number of thioether (sulfide) groups is 1. The Labute approximate surface area is 130 Å². The smallest absolute Gasteiger partial charge is 0.189 e. The Morgan fingerprint density at radius 1 is 1.20 bits per heavy atom. The fraction of sp³-hybridized carbons (Fsp3) is 0.154. The third-order valence-corrected chi connectivity index (χ3v) is 4.27. The van der Waals surface area contributed by atoms with Crippen LogP contribution in [0.3, 0.4) is 0 Å². The number of aryl methyl sites for hydroxylation is 1. The quantitative estimate of drug-likeness (QED) is 0.524. The molecule has 2 aromatic heterocycles. The van der Waals surface area contributed by atoms with Gasteiger partial charge in [0.2, 0.25) is 0 Å². The predicted molar refractivity (Wildman–Crippen MR) is 83.2 cm³/mol. The number of nitrogens with zero attached hydrogens (tertiary/aromatic N) is 4. The Kier molecular flexibility index (Phi) is 3.58. The molecule has 0 aliphatic carbocycles. The van der Waals surface area contributed by atoms with Crippen molar-refractivity contribution in [2.24, 2.45) is 0 Å². The Morgan fingerprint density at radius 3 is 2.75 bits per heavy atom. The van der Waals surface area contributed by atoms with Crippen LogP contribution in [0.25, 0.3) is 16.7 Å². The van der Waals surface area contributed by atoms with Gasteiger partial charge in [0.05, 0.1) is 26.8 Å². The molecule has 4 nitrogen and oxygen atoms in total. The highest BCUT2D eigenvalue weighted by molar-refractivity contribution is 7.98. The van der Waals surface area contributed by atoms with Gasteiger partial charge in [-0.2, -0.15) is 0 Å². The normalized spacial score (nSPS) is 11.2. The summed E-state index contributed by atoms with van der Waals surface area (Å²) < 4.78 is 1.69. The van der Waals surface area contributed by atoms with Gasteiger partial charge in [-0.15, -0.1) is 5.10 Å². The zero-order chi connectivity index (χ0) is 14.3. The predicted octanol–water partition coefficient (Wildman–Crippen LogP) is 4.15. The van der Waals surface area contributed by atoms with Gasteiger partial charge in [0.1, 0.15) is 0 Å². The van der Waals surface area contributed by atoms with E-state index < -0.39 is 0 Å². The fourth-order valence-corrected chi connectivity index (χ4v) is 2.69. The van der Waals surface area contributed by atoms with Crippen molar-refractivity contribution in [2.45, 2.75) is 12.1 Å². The Bertz CT molecular complexity index is 800. The second-order valence-electron chi connectivity index (χ2n) is 4.18. The lowest BCUT2D eigenvalue weighted by Crippen LogP contribution is -1.95. The van der Waals surface area contributed by atoms with Crippen molar-refractivity contribution in [3.63, 3.8) is 0 Å². The number of halogens is 2. The van der Waals surface area contributed by atoms with Crippen LogP contribution in [0.2, 0.25) is 10.0 Å². The molecule has 2 heterocycles. The molecule has 1 aromatic carbocycles. The molecule has 0 aliphatic rings. The molecule has 20 heavy (non-hydrogen) atoms. The molecule has 0 saturated carbocycles. The van der Waals surface area contributed by atoms with Gasteiger partial charge in [0.15, 0.2) is 10.8 Å². The van der Waals surface area contributed by atoms with Crippen LogP contribution in [-0.2, 0) is 0 Å². The first-order valence-corrected chi connectivity index (χ1v) is 7.80. The fourth-order valence-electron chi connectivity index (χ4n) is 1.91. The molecule has 0 amide bonds. The lowest BCUT2D eigenvalue weighted by atomic mass is 10.3. The molecule has 102 valence electrons. The first-order chi connectivity index (χ1) is 9.60. The molecule has 0 radical (unpaired) electrons. The SMILES string of the molecule is CSc1nc(C)c2cn(-c3cccc(Cl)c3Cl)nc2n1. The van der Waals surface area contributed by atoms with Crippen LogP contribution in [-0.4, -0.2) is 26.0 Å². The monoisotopic (exact) mass is 324 g/mol. The zero-order valence-corrected chi connectivity index (χ0v) is 13.1. The van der Waals surface area contributed by atoms with E-state index in [9.17, 15) is 0 Å². The van der Waals surface area contributed by atoms with Crippen LogP contribution in [0.1, 0.15) is 5.69 Å². The van der Waals surface area contributed by atoms with E-state index in [1.807, 2.05) is 31.5 Å². The summed E-state index contributed by atoms with van der Waals surface area (Å²) >= 11 is 13.7. The minimum Gasteiger partial charge on any atom is -0.237 e. The standard InChI is InChI=1S/C13H10Cl2N4S/c1-7-8-6-19(10-5-3-4-9(14)11(10)15)18-12(8)17-13(16-7)20-2/h3-6H,1-2H3. The van der Waals surface area contributed by atoms with E-state index in [4.69, 9.17) is 23.2 Å². The molecule has 0 atom stereocenters. The highest BCUT2D eigenvalue weighted by atomic mass is 35.5. The second kappa shape index (κ2) is 5.24. The van der Waals surface area contributed by atoms with E-state index in [1.165, 1.54) is 11.8 Å². The third kappa shape index (κ3) is 2.26. The van der Waals surface area contributed by atoms with E-state index >= 15 is 0 Å². The van der Waals surface area contributed by atoms with Gasteiger partial charge in [-0.05, 0) is 25.3 Å². The van der Waals surface area contributed by atoms with Crippen molar-refractivity contribution in [3.05, 3.63) is 40.1 Å². The average Bonchev–Trinajstić information content (AvgIpc) is 2.86. The van der Waals surface area contributed by atoms with E-state index in [0.29, 0.717) is 20.8 Å². The molecule has 3 rings (SSSR count). The van der Waals surface area contributed by atoms with E-state index in [1.54, 1.807) is 10.7 Å². The second-order valence-corrected chi connectivity index (χ2v) is 5.74. The van der Waals surface area contributed by atoms with Crippen molar-refractivity contribution in [2.75, 3.05) is 6.26 Å². The van der Waals surface area contributed by atoms with Gasteiger partial charge in [-0.3, -0.25) is 0 Å². The van der Waals surface area contributed by atoms with Gasteiger partial charge >= 0.3 is 0 Å².